The van der Waals surface area contributed by atoms with Gasteiger partial charge in [0.05, 0.1) is 22.6 Å². The van der Waals surface area contributed by atoms with Crippen molar-refractivity contribution in [3.63, 3.8) is 0 Å². The smallest absolute Gasteiger partial charge is 0.234 e. The summed E-state index contributed by atoms with van der Waals surface area (Å²) in [6.45, 7) is 1.95. The molecule has 0 unspecified atom stereocenters. The third kappa shape index (κ3) is 3.85. The maximum atomic E-state index is 12.5. The second-order valence-electron chi connectivity index (χ2n) is 6.13. The predicted molar refractivity (Wildman–Crippen MR) is 112 cm³/mol. The van der Waals surface area contributed by atoms with Gasteiger partial charge in [0.15, 0.2) is 5.16 Å². The summed E-state index contributed by atoms with van der Waals surface area (Å²) in [5, 5.41) is 13.2. The van der Waals surface area contributed by atoms with Crippen LogP contribution in [0.25, 0.3) is 16.6 Å². The number of benzene rings is 2. The van der Waals surface area contributed by atoms with Gasteiger partial charge in [0.25, 0.3) is 0 Å². The molecule has 1 N–H and O–H groups in total. The summed E-state index contributed by atoms with van der Waals surface area (Å²) in [5.74, 6) is 0.0763. The highest BCUT2D eigenvalue weighted by molar-refractivity contribution is 7.99. The molecule has 0 spiro atoms. The third-order valence-electron chi connectivity index (χ3n) is 4.20. The fraction of sp³-hybridized carbons (Fsp3) is 0.100. The first kappa shape index (κ1) is 18.5. The highest BCUT2D eigenvalue weighted by Gasteiger charge is 2.12. The van der Waals surface area contributed by atoms with Crippen LogP contribution in [0.3, 0.4) is 0 Å². The lowest BCUT2D eigenvalue weighted by Crippen LogP contribution is -2.14. The highest BCUT2D eigenvalue weighted by Crippen LogP contribution is 2.25. The number of halogens is 1. The Hall–Kier alpha value is -2.90. The number of hydrogen-bond acceptors (Lipinski definition) is 5. The molecule has 0 fully saturated rings. The van der Waals surface area contributed by atoms with Crippen molar-refractivity contribution in [2.24, 2.45) is 0 Å². The summed E-state index contributed by atoms with van der Waals surface area (Å²) < 4.78 is 1.81. The number of nitrogens with one attached hydrogen (secondary N) is 1. The average molecular weight is 410 g/mol. The first-order valence-corrected chi connectivity index (χ1v) is 9.91. The Balaban J connectivity index is 1.47. The second kappa shape index (κ2) is 8.00. The highest BCUT2D eigenvalue weighted by atomic mass is 35.5. The van der Waals surface area contributed by atoms with Crippen molar-refractivity contribution in [3.05, 3.63) is 71.6 Å². The van der Waals surface area contributed by atoms with Gasteiger partial charge in [0.2, 0.25) is 5.91 Å². The van der Waals surface area contributed by atoms with E-state index < -0.39 is 0 Å². The second-order valence-corrected chi connectivity index (χ2v) is 7.48. The van der Waals surface area contributed by atoms with Crippen LogP contribution in [0.2, 0.25) is 5.02 Å². The molecule has 0 aliphatic heterocycles. The van der Waals surface area contributed by atoms with Crippen LogP contribution < -0.4 is 5.32 Å². The third-order valence-corrected chi connectivity index (χ3v) is 5.55. The zero-order valence-corrected chi connectivity index (χ0v) is 16.5. The largest absolute Gasteiger partial charge is 0.325 e. The van der Waals surface area contributed by atoms with Crippen LogP contribution in [-0.4, -0.2) is 31.4 Å². The van der Waals surface area contributed by atoms with E-state index in [0.717, 1.165) is 27.8 Å². The molecule has 0 aliphatic carbocycles. The van der Waals surface area contributed by atoms with Crippen molar-refractivity contribution >= 4 is 45.9 Å². The Morgan fingerprint density at radius 1 is 1.21 bits per heavy atom. The van der Waals surface area contributed by atoms with Crippen molar-refractivity contribution in [2.75, 3.05) is 11.1 Å². The fourth-order valence-electron chi connectivity index (χ4n) is 2.76. The molecule has 0 saturated carbocycles. The Morgan fingerprint density at radius 3 is 2.96 bits per heavy atom. The average Bonchev–Trinajstić information content (AvgIpc) is 3.17. The maximum Gasteiger partial charge on any atom is 0.234 e. The minimum absolute atomic E-state index is 0.127. The van der Waals surface area contributed by atoms with E-state index in [2.05, 4.69) is 20.5 Å². The van der Waals surface area contributed by atoms with Crippen molar-refractivity contribution in [1.29, 1.82) is 0 Å². The van der Waals surface area contributed by atoms with Crippen LogP contribution in [0.4, 0.5) is 5.69 Å². The molecule has 2 heterocycles. The summed E-state index contributed by atoms with van der Waals surface area (Å²) in [4.78, 5) is 16.8. The van der Waals surface area contributed by atoms with Crippen molar-refractivity contribution in [2.45, 2.75) is 12.1 Å². The van der Waals surface area contributed by atoms with Crippen LogP contribution in [0, 0.1) is 6.92 Å². The maximum absolute atomic E-state index is 12.5. The van der Waals surface area contributed by atoms with E-state index in [4.69, 9.17) is 11.6 Å². The lowest BCUT2D eigenvalue weighted by atomic mass is 10.2. The molecule has 28 heavy (non-hydrogen) atoms. The van der Waals surface area contributed by atoms with E-state index >= 15 is 0 Å². The number of pyridine rings is 1. The minimum atomic E-state index is -0.127. The molecule has 1 amide bonds. The van der Waals surface area contributed by atoms with Crippen LogP contribution in [0.1, 0.15) is 5.56 Å². The Kier molecular flexibility index (Phi) is 5.27. The molecule has 0 radical (unpaired) electrons. The Bertz CT molecular complexity index is 1160. The molecule has 8 heteroatoms. The van der Waals surface area contributed by atoms with Gasteiger partial charge >= 0.3 is 0 Å². The quantitative estimate of drug-likeness (QED) is 0.491. The summed E-state index contributed by atoms with van der Waals surface area (Å²) in [7, 11) is 0. The summed E-state index contributed by atoms with van der Waals surface area (Å²) in [6, 6.07) is 15.2. The first-order valence-electron chi connectivity index (χ1n) is 8.55. The molecule has 140 valence electrons. The Morgan fingerprint density at radius 2 is 2.11 bits per heavy atom. The molecular weight excluding hydrogens is 394 g/mol. The summed E-state index contributed by atoms with van der Waals surface area (Å²) >= 11 is 7.53. The number of amides is 1. The van der Waals surface area contributed by atoms with E-state index in [9.17, 15) is 4.79 Å². The van der Waals surface area contributed by atoms with Crippen molar-refractivity contribution in [1.82, 2.24) is 19.7 Å². The standard InChI is InChI=1S/C20H16ClN5OS/c1-13-7-8-14(10-16(13)21)26-12-23-25-20(26)28-11-19(27)24-18-6-2-5-17-15(18)4-3-9-22-17/h2-10,12H,11H2,1H3,(H,24,27). The number of aryl methyl sites for hydroxylation is 1. The van der Waals surface area contributed by atoms with Crippen LogP contribution in [0.15, 0.2) is 66.2 Å². The number of hydrogen-bond donors (Lipinski definition) is 1. The molecule has 0 bridgehead atoms. The van der Waals surface area contributed by atoms with E-state index in [-0.39, 0.29) is 11.7 Å². The molecule has 0 saturated heterocycles. The normalized spacial score (nSPS) is 10.9. The number of carbonyl (C=O) groups excluding carboxylic acids is 1. The SMILES string of the molecule is Cc1ccc(-n2cnnc2SCC(=O)Nc2cccc3ncccc23)cc1Cl. The van der Waals surface area contributed by atoms with Crippen molar-refractivity contribution in [3.8, 4) is 5.69 Å². The number of rotatable bonds is 5. The van der Waals surface area contributed by atoms with Gasteiger partial charge in [0.1, 0.15) is 6.33 Å². The lowest BCUT2D eigenvalue weighted by molar-refractivity contribution is -0.113. The minimum Gasteiger partial charge on any atom is -0.325 e. The van der Waals surface area contributed by atoms with Crippen LogP contribution in [-0.2, 0) is 4.79 Å². The fourth-order valence-corrected chi connectivity index (χ4v) is 3.66. The summed E-state index contributed by atoms with van der Waals surface area (Å²) in [5.41, 5.74) is 3.42. The molecule has 2 aromatic carbocycles. The number of aromatic nitrogens is 4. The van der Waals surface area contributed by atoms with Gasteiger partial charge in [-0.05, 0) is 48.9 Å². The van der Waals surface area contributed by atoms with Gasteiger partial charge in [-0.1, -0.05) is 35.5 Å². The molecule has 0 atom stereocenters. The van der Waals surface area contributed by atoms with Gasteiger partial charge < -0.3 is 5.32 Å². The van der Waals surface area contributed by atoms with Gasteiger partial charge in [-0.25, -0.2) is 0 Å². The van der Waals surface area contributed by atoms with Gasteiger partial charge in [0, 0.05) is 16.6 Å². The van der Waals surface area contributed by atoms with Gasteiger partial charge in [-0.3, -0.25) is 14.3 Å². The molecule has 4 aromatic rings. The zero-order chi connectivity index (χ0) is 19.5. The summed E-state index contributed by atoms with van der Waals surface area (Å²) in [6.07, 6.45) is 3.34. The van der Waals surface area contributed by atoms with E-state index in [1.54, 1.807) is 12.5 Å². The number of nitrogens with zero attached hydrogens (tertiary/aromatic N) is 4. The molecule has 2 aromatic heterocycles. The van der Waals surface area contributed by atoms with E-state index in [1.807, 2.05) is 60.0 Å². The number of anilines is 1. The lowest BCUT2D eigenvalue weighted by Gasteiger charge is -2.09. The first-order chi connectivity index (χ1) is 13.6. The number of carbonyl (C=O) groups is 1. The molecule has 4 rings (SSSR count). The number of thioether (sulfide) groups is 1. The Labute approximate surface area is 171 Å². The van der Waals surface area contributed by atoms with E-state index in [1.165, 1.54) is 11.8 Å². The zero-order valence-electron chi connectivity index (χ0n) is 15.0. The van der Waals surface area contributed by atoms with Crippen molar-refractivity contribution < 1.29 is 4.79 Å². The topological polar surface area (TPSA) is 72.7 Å². The predicted octanol–water partition coefficient (Wildman–Crippen LogP) is 4.51. The molecular formula is C20H16ClN5OS. The van der Waals surface area contributed by atoms with Crippen LogP contribution >= 0.6 is 23.4 Å². The van der Waals surface area contributed by atoms with E-state index in [0.29, 0.717) is 10.2 Å². The van der Waals surface area contributed by atoms with Crippen LogP contribution in [0.5, 0.6) is 0 Å². The molecule has 6 nitrogen and oxygen atoms in total. The monoisotopic (exact) mass is 409 g/mol. The van der Waals surface area contributed by atoms with Gasteiger partial charge in [-0.2, -0.15) is 0 Å². The van der Waals surface area contributed by atoms with Gasteiger partial charge in [-0.15, -0.1) is 10.2 Å². The number of fused-ring (bicyclic) bond motifs is 1. The molecule has 0 aliphatic rings.